The highest BCUT2D eigenvalue weighted by Crippen LogP contribution is 2.29. The second-order valence-electron chi connectivity index (χ2n) is 6.63. The summed E-state index contributed by atoms with van der Waals surface area (Å²) in [5.74, 6) is -3.38. The summed E-state index contributed by atoms with van der Waals surface area (Å²) in [4.78, 5) is 22.1. The van der Waals surface area contributed by atoms with Crippen LogP contribution in [0.25, 0.3) is 0 Å². The minimum absolute atomic E-state index is 0.246. The van der Waals surface area contributed by atoms with Gasteiger partial charge in [-0.3, -0.25) is 14.1 Å². The molecule has 0 aromatic carbocycles. The molecular formula is C17H32O7S. The highest BCUT2D eigenvalue weighted by molar-refractivity contribution is 7.88. The monoisotopic (exact) mass is 380 g/mol. The van der Waals surface area contributed by atoms with Crippen molar-refractivity contribution in [2.45, 2.75) is 95.1 Å². The Morgan fingerprint density at radius 3 is 1.52 bits per heavy atom. The molecule has 0 unspecified atom stereocenters. The standard InChI is InChI=1S/C17H32O7S/c1-2-3-4-5-6-7-8-9-10-11-12-13-17(16(20)21,14-15(18)19)25(22,23)24/h2-14H2,1H3,(H,18,19)(H,20,21)(H,22,23,24)/t17-/m1/s1. The SMILES string of the molecule is CCCCCCCCCCCCC[C@@](CC(=O)O)(C(=O)O)S(=O)(=O)O. The first-order chi connectivity index (χ1) is 11.7. The fraction of sp³-hybridized carbons (Fsp3) is 0.882. The summed E-state index contributed by atoms with van der Waals surface area (Å²) in [7, 11) is -5.01. The second-order valence-corrected chi connectivity index (χ2v) is 8.36. The zero-order chi connectivity index (χ0) is 19.3. The Labute approximate surface area is 150 Å². The Kier molecular flexibility index (Phi) is 11.7. The molecule has 0 aromatic heterocycles. The summed E-state index contributed by atoms with van der Waals surface area (Å²) in [5.41, 5.74) is 0. The van der Waals surface area contributed by atoms with Crippen molar-refractivity contribution in [2.24, 2.45) is 0 Å². The van der Waals surface area contributed by atoms with Crippen LogP contribution in [0.5, 0.6) is 0 Å². The van der Waals surface area contributed by atoms with E-state index in [4.69, 9.17) is 10.2 Å². The van der Waals surface area contributed by atoms with Crippen LogP contribution < -0.4 is 0 Å². The topological polar surface area (TPSA) is 129 Å². The van der Waals surface area contributed by atoms with Crippen LogP contribution in [0.1, 0.15) is 90.4 Å². The van der Waals surface area contributed by atoms with E-state index in [1.165, 1.54) is 32.1 Å². The Balaban J connectivity index is 4.16. The quantitative estimate of drug-likeness (QED) is 0.274. The van der Waals surface area contributed by atoms with Crippen molar-refractivity contribution in [3.63, 3.8) is 0 Å². The summed E-state index contributed by atoms with van der Waals surface area (Å²) in [6.45, 7) is 2.18. The summed E-state index contributed by atoms with van der Waals surface area (Å²) in [6, 6.07) is 0. The molecule has 0 aliphatic rings. The smallest absolute Gasteiger partial charge is 0.328 e. The van der Waals surface area contributed by atoms with E-state index >= 15 is 0 Å². The largest absolute Gasteiger partial charge is 0.481 e. The van der Waals surface area contributed by atoms with Crippen LogP contribution in [0, 0.1) is 0 Å². The lowest BCUT2D eigenvalue weighted by Gasteiger charge is -2.24. The molecular weight excluding hydrogens is 348 g/mol. The molecule has 7 nitrogen and oxygen atoms in total. The lowest BCUT2D eigenvalue weighted by molar-refractivity contribution is -0.147. The van der Waals surface area contributed by atoms with E-state index in [0.29, 0.717) is 6.42 Å². The number of rotatable bonds is 16. The number of hydrogen-bond donors (Lipinski definition) is 3. The molecule has 0 rings (SSSR count). The van der Waals surface area contributed by atoms with Crippen molar-refractivity contribution in [1.29, 1.82) is 0 Å². The zero-order valence-electron chi connectivity index (χ0n) is 15.1. The Bertz CT molecular complexity index is 501. The maximum absolute atomic E-state index is 11.5. The van der Waals surface area contributed by atoms with Crippen LogP contribution in [0.2, 0.25) is 0 Å². The van der Waals surface area contributed by atoms with Gasteiger partial charge in [-0.25, -0.2) is 0 Å². The first kappa shape index (κ1) is 23.9. The summed E-state index contributed by atoms with van der Waals surface area (Å²) >= 11 is 0. The van der Waals surface area contributed by atoms with Crippen molar-refractivity contribution in [3.05, 3.63) is 0 Å². The van der Waals surface area contributed by atoms with Crippen molar-refractivity contribution in [3.8, 4) is 0 Å². The summed E-state index contributed by atoms with van der Waals surface area (Å²) in [5, 5.41) is 18.0. The summed E-state index contributed by atoms with van der Waals surface area (Å²) in [6.07, 6.45) is 9.62. The highest BCUT2D eigenvalue weighted by atomic mass is 32.2. The zero-order valence-corrected chi connectivity index (χ0v) is 15.9. The first-order valence-corrected chi connectivity index (χ1v) is 10.5. The van der Waals surface area contributed by atoms with Gasteiger partial charge < -0.3 is 10.2 Å². The van der Waals surface area contributed by atoms with Gasteiger partial charge >= 0.3 is 11.9 Å². The van der Waals surface area contributed by atoms with Crippen LogP contribution >= 0.6 is 0 Å². The molecule has 0 fully saturated rings. The minimum Gasteiger partial charge on any atom is -0.481 e. The summed E-state index contributed by atoms with van der Waals surface area (Å²) < 4.78 is 29.5. The molecule has 1 atom stereocenters. The van der Waals surface area contributed by atoms with E-state index in [1.54, 1.807) is 0 Å². The van der Waals surface area contributed by atoms with Crippen molar-refractivity contribution < 1.29 is 32.8 Å². The maximum Gasteiger partial charge on any atom is 0.328 e. The molecule has 0 aromatic rings. The molecule has 0 radical (unpaired) electrons. The number of unbranched alkanes of at least 4 members (excludes halogenated alkanes) is 10. The number of carboxylic acid groups (broad SMARTS) is 2. The molecule has 0 saturated heterocycles. The Morgan fingerprint density at radius 2 is 1.20 bits per heavy atom. The van der Waals surface area contributed by atoms with Gasteiger partial charge in [-0.15, -0.1) is 0 Å². The molecule has 0 bridgehead atoms. The third-order valence-electron chi connectivity index (χ3n) is 4.50. The fourth-order valence-corrected chi connectivity index (χ4v) is 3.85. The van der Waals surface area contributed by atoms with E-state index in [2.05, 4.69) is 6.92 Å². The number of hydrogen-bond acceptors (Lipinski definition) is 4. The number of carbonyl (C=O) groups is 2. The van der Waals surface area contributed by atoms with E-state index in [9.17, 15) is 22.6 Å². The molecule has 148 valence electrons. The molecule has 0 spiro atoms. The molecule has 8 heteroatoms. The molecule has 25 heavy (non-hydrogen) atoms. The second kappa shape index (κ2) is 12.2. The van der Waals surface area contributed by atoms with Gasteiger partial charge in [0.05, 0.1) is 6.42 Å². The van der Waals surface area contributed by atoms with Crippen LogP contribution in [0.3, 0.4) is 0 Å². The van der Waals surface area contributed by atoms with Gasteiger partial charge in [0.25, 0.3) is 10.1 Å². The van der Waals surface area contributed by atoms with Crippen molar-refractivity contribution >= 4 is 22.1 Å². The van der Waals surface area contributed by atoms with Crippen LogP contribution in [0.4, 0.5) is 0 Å². The van der Waals surface area contributed by atoms with E-state index in [0.717, 1.165) is 25.7 Å². The predicted molar refractivity (Wildman–Crippen MR) is 95.2 cm³/mol. The average Bonchev–Trinajstić information content (AvgIpc) is 2.49. The minimum atomic E-state index is -5.01. The molecule has 0 amide bonds. The van der Waals surface area contributed by atoms with Gasteiger partial charge in [-0.1, -0.05) is 77.6 Å². The van der Waals surface area contributed by atoms with Gasteiger partial charge in [-0.2, -0.15) is 8.42 Å². The maximum atomic E-state index is 11.5. The highest BCUT2D eigenvalue weighted by Gasteiger charge is 2.51. The van der Waals surface area contributed by atoms with Crippen LogP contribution in [0.15, 0.2) is 0 Å². The average molecular weight is 381 g/mol. The lowest BCUT2D eigenvalue weighted by atomic mass is 9.96. The van der Waals surface area contributed by atoms with Gasteiger partial charge in [0.2, 0.25) is 4.75 Å². The van der Waals surface area contributed by atoms with E-state index in [-0.39, 0.29) is 6.42 Å². The fourth-order valence-electron chi connectivity index (χ4n) is 2.92. The first-order valence-electron chi connectivity index (χ1n) is 9.09. The normalized spacial score (nSPS) is 14.2. The van der Waals surface area contributed by atoms with Gasteiger partial charge in [0.15, 0.2) is 0 Å². The van der Waals surface area contributed by atoms with Crippen molar-refractivity contribution in [1.82, 2.24) is 0 Å². The lowest BCUT2D eigenvalue weighted by Crippen LogP contribution is -2.48. The Hall–Kier alpha value is -1.15. The van der Waals surface area contributed by atoms with E-state index < -0.39 is 39.6 Å². The molecule has 0 heterocycles. The van der Waals surface area contributed by atoms with Gasteiger partial charge in [0, 0.05) is 0 Å². The van der Waals surface area contributed by atoms with Gasteiger partial charge in [0.1, 0.15) is 0 Å². The van der Waals surface area contributed by atoms with Gasteiger partial charge in [-0.05, 0) is 6.42 Å². The molecule has 0 saturated carbocycles. The van der Waals surface area contributed by atoms with Crippen molar-refractivity contribution in [2.75, 3.05) is 0 Å². The van der Waals surface area contributed by atoms with Crippen LogP contribution in [-0.2, 0) is 19.7 Å². The third-order valence-corrected chi connectivity index (χ3v) is 6.02. The van der Waals surface area contributed by atoms with E-state index in [1.807, 2.05) is 0 Å². The predicted octanol–water partition coefficient (Wildman–Crippen LogP) is 3.87. The number of carboxylic acids is 2. The number of aliphatic carboxylic acids is 2. The third kappa shape index (κ3) is 9.21. The molecule has 3 N–H and O–H groups in total. The molecule has 0 aliphatic heterocycles. The molecule has 0 aliphatic carbocycles. The van der Waals surface area contributed by atoms with Crippen LogP contribution in [-0.4, -0.2) is 39.9 Å². The Morgan fingerprint density at radius 1 is 0.800 bits per heavy atom.